The molecule has 0 spiro atoms. The summed E-state index contributed by atoms with van der Waals surface area (Å²) in [7, 11) is 0. The minimum atomic E-state index is -0.954. The quantitative estimate of drug-likeness (QED) is 0.502. The first-order valence-corrected chi connectivity index (χ1v) is 13.0. The molecule has 9 heteroatoms. The van der Waals surface area contributed by atoms with Gasteiger partial charge in [-0.2, -0.15) is 0 Å². The summed E-state index contributed by atoms with van der Waals surface area (Å²) in [6, 6.07) is 13.6. The third-order valence-electron chi connectivity index (χ3n) is 7.37. The molecule has 0 saturated carbocycles. The largest absolute Gasteiger partial charge is 0.447 e. The minimum Gasteiger partial charge on any atom is -0.447 e. The number of carbonyl (C=O) groups is 3. The van der Waals surface area contributed by atoms with Crippen LogP contribution in [0.5, 0.6) is 0 Å². The number of anilines is 1. The van der Waals surface area contributed by atoms with Crippen LogP contribution in [0.4, 0.5) is 10.5 Å². The third-order valence-corrected chi connectivity index (χ3v) is 8.45. The van der Waals surface area contributed by atoms with Crippen molar-refractivity contribution in [2.45, 2.75) is 51.4 Å². The minimum absolute atomic E-state index is 0.102. The van der Waals surface area contributed by atoms with E-state index in [-0.39, 0.29) is 30.6 Å². The lowest BCUT2D eigenvalue weighted by molar-refractivity contribution is -0.150. The number of nitrogens with one attached hydrogen (secondary N) is 1. The van der Waals surface area contributed by atoms with Gasteiger partial charge in [0, 0.05) is 11.3 Å². The summed E-state index contributed by atoms with van der Waals surface area (Å²) < 4.78 is 12.4. The van der Waals surface area contributed by atoms with E-state index in [0.29, 0.717) is 5.69 Å². The molecule has 4 heterocycles. The second kappa shape index (κ2) is 8.38. The van der Waals surface area contributed by atoms with Crippen molar-refractivity contribution in [2.75, 3.05) is 11.9 Å². The van der Waals surface area contributed by atoms with Gasteiger partial charge in [0.05, 0.1) is 39.8 Å². The van der Waals surface area contributed by atoms with E-state index in [0.717, 1.165) is 33.6 Å². The van der Waals surface area contributed by atoms with Crippen molar-refractivity contribution in [2.24, 2.45) is 11.8 Å². The molecular formula is C27H27N3O5S. The Morgan fingerprint density at radius 3 is 2.44 bits per heavy atom. The number of hydrogen-bond acceptors (Lipinski definition) is 7. The van der Waals surface area contributed by atoms with Crippen LogP contribution in [0.1, 0.15) is 32.3 Å². The van der Waals surface area contributed by atoms with E-state index < -0.39 is 23.5 Å². The number of hydrogen-bond donors (Lipinski definition) is 1. The Bertz CT molecular complexity index is 1350. The molecule has 3 fully saturated rings. The number of aromatic nitrogens is 1. The summed E-state index contributed by atoms with van der Waals surface area (Å²) in [6.45, 7) is 5.43. The van der Waals surface area contributed by atoms with Gasteiger partial charge >= 0.3 is 6.09 Å². The number of fused-ring (bicyclic) bond motifs is 6. The fourth-order valence-electron chi connectivity index (χ4n) is 5.63. The maximum atomic E-state index is 13.1. The number of ether oxygens (including phenoxy) is 2. The summed E-state index contributed by atoms with van der Waals surface area (Å²) in [5.74, 6) is -1.23. The van der Waals surface area contributed by atoms with Gasteiger partial charge in [0.1, 0.15) is 11.6 Å². The third kappa shape index (κ3) is 3.77. The number of aryl methyl sites for hydroxylation is 1. The molecule has 2 bridgehead atoms. The molecule has 3 aliphatic heterocycles. The standard InChI is InChI=1S/C27H27N3O5S/c1-14-4-11-20-17(12-14)29-23(36-20)15-5-7-16(8-6-15)28-26(33)34-13-27(2,3)30-24(31)21-18-9-10-19(35-18)22(21)25(30)32/h4-8,11-12,18-19,21-22H,9-10,13H2,1-3H3,(H,28,33). The lowest BCUT2D eigenvalue weighted by Crippen LogP contribution is -2.52. The summed E-state index contributed by atoms with van der Waals surface area (Å²) in [4.78, 5) is 44.6. The van der Waals surface area contributed by atoms with Gasteiger partial charge in [-0.05, 0) is 75.6 Å². The normalized spacial score (nSPS) is 25.0. The fourth-order valence-corrected chi connectivity index (χ4v) is 6.58. The Kier molecular flexibility index (Phi) is 5.38. The number of imide groups is 1. The molecule has 1 N–H and O–H groups in total. The molecule has 6 rings (SSSR count). The average Bonchev–Trinajstić information content (AvgIpc) is 3.61. The van der Waals surface area contributed by atoms with Crippen LogP contribution < -0.4 is 5.32 Å². The average molecular weight is 506 g/mol. The highest BCUT2D eigenvalue weighted by Gasteiger charge is 2.64. The second-order valence-electron chi connectivity index (χ2n) is 10.4. The number of likely N-dealkylation sites (tertiary alicyclic amines) is 1. The topological polar surface area (TPSA) is 97.8 Å². The maximum absolute atomic E-state index is 13.1. The van der Waals surface area contributed by atoms with Crippen LogP contribution in [0.25, 0.3) is 20.8 Å². The maximum Gasteiger partial charge on any atom is 0.411 e. The van der Waals surface area contributed by atoms with Crippen LogP contribution in [0.15, 0.2) is 42.5 Å². The van der Waals surface area contributed by atoms with Crippen LogP contribution in [-0.4, -0.2) is 52.1 Å². The first-order valence-electron chi connectivity index (χ1n) is 12.2. The van der Waals surface area contributed by atoms with Gasteiger partial charge in [0.2, 0.25) is 11.8 Å². The van der Waals surface area contributed by atoms with Gasteiger partial charge in [-0.15, -0.1) is 11.3 Å². The molecular weight excluding hydrogens is 478 g/mol. The molecule has 8 nitrogen and oxygen atoms in total. The van der Waals surface area contributed by atoms with Crippen LogP contribution >= 0.6 is 11.3 Å². The van der Waals surface area contributed by atoms with Gasteiger partial charge in [0.25, 0.3) is 0 Å². The van der Waals surface area contributed by atoms with E-state index in [9.17, 15) is 14.4 Å². The van der Waals surface area contributed by atoms with Crippen molar-refractivity contribution >= 4 is 45.1 Å². The SMILES string of the molecule is Cc1ccc2sc(-c3ccc(NC(=O)OCC(C)(C)N4C(=O)C5C6CCC(O6)C5C4=O)cc3)nc2c1. The Morgan fingerprint density at radius 2 is 1.78 bits per heavy atom. The number of nitrogens with zero attached hydrogens (tertiary/aromatic N) is 2. The number of rotatable bonds is 5. The number of amides is 3. The molecule has 3 amide bonds. The lowest BCUT2D eigenvalue weighted by atomic mass is 9.81. The molecule has 3 aromatic rings. The first-order chi connectivity index (χ1) is 17.2. The monoisotopic (exact) mass is 505 g/mol. The lowest BCUT2D eigenvalue weighted by Gasteiger charge is -2.34. The Morgan fingerprint density at radius 1 is 1.11 bits per heavy atom. The van der Waals surface area contributed by atoms with Crippen molar-refractivity contribution in [3.05, 3.63) is 48.0 Å². The highest BCUT2D eigenvalue weighted by molar-refractivity contribution is 7.21. The fraction of sp³-hybridized carbons (Fsp3) is 0.407. The number of thiazole rings is 1. The number of benzene rings is 2. The first kappa shape index (κ1) is 23.1. The summed E-state index contributed by atoms with van der Waals surface area (Å²) in [5, 5.41) is 3.63. The Labute approximate surface area is 212 Å². The van der Waals surface area contributed by atoms with Crippen LogP contribution in [-0.2, 0) is 19.1 Å². The van der Waals surface area contributed by atoms with E-state index in [2.05, 4.69) is 23.5 Å². The van der Waals surface area contributed by atoms with Crippen molar-refractivity contribution < 1.29 is 23.9 Å². The predicted molar refractivity (Wildman–Crippen MR) is 136 cm³/mol. The highest BCUT2D eigenvalue weighted by atomic mass is 32.1. The highest BCUT2D eigenvalue weighted by Crippen LogP contribution is 2.49. The smallest absolute Gasteiger partial charge is 0.411 e. The second-order valence-corrected chi connectivity index (χ2v) is 11.5. The van der Waals surface area contributed by atoms with Crippen LogP contribution in [0.2, 0.25) is 0 Å². The molecule has 3 saturated heterocycles. The van der Waals surface area contributed by atoms with E-state index in [1.165, 1.54) is 10.5 Å². The molecule has 186 valence electrons. The van der Waals surface area contributed by atoms with Crippen molar-refractivity contribution in [3.63, 3.8) is 0 Å². The van der Waals surface area contributed by atoms with Gasteiger partial charge in [-0.3, -0.25) is 19.8 Å². The molecule has 3 aliphatic rings. The molecule has 36 heavy (non-hydrogen) atoms. The molecule has 0 radical (unpaired) electrons. The van der Waals surface area contributed by atoms with Crippen molar-refractivity contribution in [1.29, 1.82) is 0 Å². The van der Waals surface area contributed by atoms with E-state index in [1.54, 1.807) is 37.3 Å². The van der Waals surface area contributed by atoms with Gasteiger partial charge in [-0.25, -0.2) is 9.78 Å². The molecule has 0 aliphatic carbocycles. The Hall–Kier alpha value is -3.30. The van der Waals surface area contributed by atoms with E-state index in [4.69, 9.17) is 14.5 Å². The van der Waals surface area contributed by atoms with Gasteiger partial charge in [0.15, 0.2) is 0 Å². The molecule has 4 unspecified atom stereocenters. The van der Waals surface area contributed by atoms with Gasteiger partial charge in [-0.1, -0.05) is 6.07 Å². The molecule has 1 aromatic heterocycles. The van der Waals surface area contributed by atoms with E-state index >= 15 is 0 Å². The summed E-state index contributed by atoms with van der Waals surface area (Å²) >= 11 is 1.62. The molecule has 4 atom stereocenters. The van der Waals surface area contributed by atoms with Crippen molar-refractivity contribution in [1.82, 2.24) is 9.88 Å². The predicted octanol–water partition coefficient (Wildman–Crippen LogP) is 4.76. The zero-order chi connectivity index (χ0) is 25.2. The molecule has 2 aromatic carbocycles. The van der Waals surface area contributed by atoms with Gasteiger partial charge < -0.3 is 9.47 Å². The summed E-state index contributed by atoms with van der Waals surface area (Å²) in [6.07, 6.45) is 0.645. The van der Waals surface area contributed by atoms with Crippen LogP contribution in [0.3, 0.4) is 0 Å². The van der Waals surface area contributed by atoms with Crippen molar-refractivity contribution in [3.8, 4) is 10.6 Å². The van der Waals surface area contributed by atoms with Crippen LogP contribution in [0, 0.1) is 18.8 Å². The zero-order valence-corrected chi connectivity index (χ0v) is 21.1. The zero-order valence-electron chi connectivity index (χ0n) is 20.3. The Balaban J connectivity index is 1.08. The summed E-state index contributed by atoms with van der Waals surface area (Å²) in [5.41, 5.74) is 2.73. The van der Waals surface area contributed by atoms with E-state index in [1.807, 2.05) is 19.1 Å². The number of carbonyl (C=O) groups excluding carboxylic acids is 3.